The molecule has 4 heteroatoms. The number of hydrogen-bond donors (Lipinski definition) is 1. The van der Waals surface area contributed by atoms with Gasteiger partial charge in [0.1, 0.15) is 11.6 Å². The highest BCUT2D eigenvalue weighted by molar-refractivity contribution is 5.69. The van der Waals surface area contributed by atoms with Gasteiger partial charge in [-0.15, -0.1) is 0 Å². The molecule has 0 spiro atoms. The van der Waals surface area contributed by atoms with Crippen molar-refractivity contribution in [3.63, 3.8) is 0 Å². The summed E-state index contributed by atoms with van der Waals surface area (Å²) in [5, 5.41) is 9.17. The summed E-state index contributed by atoms with van der Waals surface area (Å²) in [6.45, 7) is 1.92. The Hall–Kier alpha value is -2.36. The number of carboxylic acids is 1. The average Bonchev–Trinajstić information content (AvgIpc) is 2.44. The highest BCUT2D eigenvalue weighted by atomic mass is 19.1. The molecule has 0 saturated heterocycles. The Bertz CT molecular complexity index is 652. The third-order valence-electron chi connectivity index (χ3n) is 3.39. The maximum absolute atomic E-state index is 13.5. The van der Waals surface area contributed by atoms with Crippen LogP contribution in [0.1, 0.15) is 29.0 Å². The van der Waals surface area contributed by atoms with Crippen molar-refractivity contribution in [2.75, 3.05) is 7.11 Å². The number of aryl methyl sites for hydroxylation is 1. The maximum Gasteiger partial charge on any atom is 0.304 e. The predicted molar refractivity (Wildman–Crippen MR) is 78.2 cm³/mol. The van der Waals surface area contributed by atoms with E-state index in [1.54, 1.807) is 18.2 Å². The molecule has 21 heavy (non-hydrogen) atoms. The van der Waals surface area contributed by atoms with Gasteiger partial charge in [0.25, 0.3) is 0 Å². The Morgan fingerprint density at radius 2 is 2.05 bits per heavy atom. The summed E-state index contributed by atoms with van der Waals surface area (Å²) in [6.07, 6.45) is -0.122. The molecule has 2 aromatic rings. The highest BCUT2D eigenvalue weighted by Gasteiger charge is 2.22. The van der Waals surface area contributed by atoms with E-state index >= 15 is 0 Å². The van der Waals surface area contributed by atoms with E-state index in [4.69, 9.17) is 4.74 Å². The van der Waals surface area contributed by atoms with Crippen molar-refractivity contribution in [1.82, 2.24) is 0 Å². The number of carbonyl (C=O) groups is 1. The molecule has 0 fully saturated rings. The second-order valence-electron chi connectivity index (χ2n) is 4.95. The lowest BCUT2D eigenvalue weighted by atomic mass is 9.87. The van der Waals surface area contributed by atoms with Crippen LogP contribution in [0.2, 0.25) is 0 Å². The normalized spacial score (nSPS) is 12.0. The molecule has 0 radical (unpaired) electrons. The third kappa shape index (κ3) is 3.60. The molecule has 2 aromatic carbocycles. The van der Waals surface area contributed by atoms with Gasteiger partial charge in [-0.3, -0.25) is 4.79 Å². The van der Waals surface area contributed by atoms with Crippen LogP contribution in [0.3, 0.4) is 0 Å². The molecule has 1 N–H and O–H groups in total. The number of aliphatic carboxylic acids is 1. The van der Waals surface area contributed by atoms with Gasteiger partial charge in [0.05, 0.1) is 13.5 Å². The summed E-state index contributed by atoms with van der Waals surface area (Å²) in [5.74, 6) is -1.16. The molecule has 110 valence electrons. The Kier molecular flexibility index (Phi) is 4.58. The quantitative estimate of drug-likeness (QED) is 0.911. The SMILES string of the molecule is COc1ccc(C)cc1C(CC(=O)O)c1cccc(F)c1. The van der Waals surface area contributed by atoms with Crippen molar-refractivity contribution in [3.05, 3.63) is 65.0 Å². The largest absolute Gasteiger partial charge is 0.496 e. The van der Waals surface area contributed by atoms with E-state index < -0.39 is 11.9 Å². The first kappa shape index (κ1) is 15.0. The summed E-state index contributed by atoms with van der Waals surface area (Å²) in [5.41, 5.74) is 2.38. The zero-order chi connectivity index (χ0) is 15.4. The minimum atomic E-state index is -0.937. The van der Waals surface area contributed by atoms with Gasteiger partial charge in [-0.25, -0.2) is 4.39 Å². The van der Waals surface area contributed by atoms with E-state index in [0.717, 1.165) is 11.1 Å². The fourth-order valence-corrected chi connectivity index (χ4v) is 2.43. The monoisotopic (exact) mass is 288 g/mol. The Balaban J connectivity index is 2.55. The molecule has 0 heterocycles. The van der Waals surface area contributed by atoms with Gasteiger partial charge in [-0.1, -0.05) is 29.8 Å². The molecule has 0 amide bonds. The minimum Gasteiger partial charge on any atom is -0.496 e. The molecular formula is C17H17FO3. The fourth-order valence-electron chi connectivity index (χ4n) is 2.43. The topological polar surface area (TPSA) is 46.5 Å². The van der Waals surface area contributed by atoms with Gasteiger partial charge in [-0.2, -0.15) is 0 Å². The number of ether oxygens (including phenoxy) is 1. The first-order chi connectivity index (χ1) is 10.0. The van der Waals surface area contributed by atoms with Crippen LogP contribution in [0.15, 0.2) is 42.5 Å². The Morgan fingerprint density at radius 3 is 2.67 bits per heavy atom. The third-order valence-corrected chi connectivity index (χ3v) is 3.39. The van der Waals surface area contributed by atoms with Crippen LogP contribution in [-0.2, 0) is 4.79 Å². The van der Waals surface area contributed by atoms with Gasteiger partial charge in [0.2, 0.25) is 0 Å². The van der Waals surface area contributed by atoms with Gasteiger partial charge >= 0.3 is 5.97 Å². The zero-order valence-electron chi connectivity index (χ0n) is 12.0. The van der Waals surface area contributed by atoms with Crippen LogP contribution in [0.25, 0.3) is 0 Å². The number of rotatable bonds is 5. The lowest BCUT2D eigenvalue weighted by molar-refractivity contribution is -0.137. The van der Waals surface area contributed by atoms with Crippen molar-refractivity contribution in [3.8, 4) is 5.75 Å². The molecule has 0 aliphatic carbocycles. The smallest absolute Gasteiger partial charge is 0.304 e. The molecule has 0 bridgehead atoms. The van der Waals surface area contributed by atoms with Gasteiger partial charge in [0.15, 0.2) is 0 Å². The molecular weight excluding hydrogens is 271 g/mol. The van der Waals surface area contributed by atoms with Crippen LogP contribution >= 0.6 is 0 Å². The van der Waals surface area contributed by atoms with Crippen molar-refractivity contribution in [2.24, 2.45) is 0 Å². The maximum atomic E-state index is 13.5. The highest BCUT2D eigenvalue weighted by Crippen LogP contribution is 2.35. The van der Waals surface area contributed by atoms with E-state index in [1.807, 2.05) is 19.1 Å². The van der Waals surface area contributed by atoms with Crippen molar-refractivity contribution >= 4 is 5.97 Å². The van der Waals surface area contributed by atoms with Gasteiger partial charge in [-0.05, 0) is 30.7 Å². The lowest BCUT2D eigenvalue weighted by Gasteiger charge is -2.19. The van der Waals surface area contributed by atoms with Crippen LogP contribution in [-0.4, -0.2) is 18.2 Å². The van der Waals surface area contributed by atoms with E-state index in [1.165, 1.54) is 19.2 Å². The fraction of sp³-hybridized carbons (Fsp3) is 0.235. The zero-order valence-corrected chi connectivity index (χ0v) is 12.0. The molecule has 2 rings (SSSR count). The average molecular weight is 288 g/mol. The van der Waals surface area contributed by atoms with Crippen LogP contribution in [0, 0.1) is 12.7 Å². The standard InChI is InChI=1S/C17H17FO3/c1-11-6-7-16(21-2)15(8-11)14(10-17(19)20)12-4-3-5-13(18)9-12/h3-9,14H,10H2,1-2H3,(H,19,20). The molecule has 3 nitrogen and oxygen atoms in total. The number of halogens is 1. The molecule has 1 unspecified atom stereocenters. The van der Waals surface area contributed by atoms with Gasteiger partial charge < -0.3 is 9.84 Å². The van der Waals surface area contributed by atoms with E-state index in [9.17, 15) is 14.3 Å². The second-order valence-corrected chi connectivity index (χ2v) is 4.95. The Morgan fingerprint density at radius 1 is 1.29 bits per heavy atom. The molecule has 0 aliphatic heterocycles. The molecule has 0 aromatic heterocycles. The van der Waals surface area contributed by atoms with E-state index in [-0.39, 0.29) is 12.2 Å². The summed E-state index contributed by atoms with van der Waals surface area (Å²) < 4.78 is 18.8. The summed E-state index contributed by atoms with van der Waals surface area (Å²) >= 11 is 0. The van der Waals surface area contributed by atoms with Gasteiger partial charge in [0, 0.05) is 11.5 Å². The van der Waals surface area contributed by atoms with E-state index in [0.29, 0.717) is 11.3 Å². The summed E-state index contributed by atoms with van der Waals surface area (Å²) in [6, 6.07) is 11.6. The Labute approximate surface area is 123 Å². The van der Waals surface area contributed by atoms with Crippen molar-refractivity contribution < 1.29 is 19.0 Å². The first-order valence-corrected chi connectivity index (χ1v) is 6.63. The number of hydrogen-bond acceptors (Lipinski definition) is 2. The first-order valence-electron chi connectivity index (χ1n) is 6.63. The van der Waals surface area contributed by atoms with Crippen LogP contribution in [0.5, 0.6) is 5.75 Å². The van der Waals surface area contributed by atoms with Crippen LogP contribution < -0.4 is 4.74 Å². The van der Waals surface area contributed by atoms with E-state index in [2.05, 4.69) is 0 Å². The van der Waals surface area contributed by atoms with Crippen LogP contribution in [0.4, 0.5) is 4.39 Å². The molecule has 1 atom stereocenters. The number of benzene rings is 2. The summed E-state index contributed by atoms with van der Waals surface area (Å²) in [4.78, 5) is 11.2. The van der Waals surface area contributed by atoms with Crippen molar-refractivity contribution in [1.29, 1.82) is 0 Å². The second kappa shape index (κ2) is 6.39. The molecule has 0 aliphatic rings. The minimum absolute atomic E-state index is 0.122. The lowest BCUT2D eigenvalue weighted by Crippen LogP contribution is -2.10. The van der Waals surface area contributed by atoms with Crippen molar-refractivity contribution in [2.45, 2.75) is 19.3 Å². The number of methoxy groups -OCH3 is 1. The molecule has 0 saturated carbocycles. The predicted octanol–water partition coefficient (Wildman–Crippen LogP) is 3.75. The summed E-state index contributed by atoms with van der Waals surface area (Å²) in [7, 11) is 1.54. The number of carboxylic acid groups (broad SMARTS) is 1.